The number of carbonyl (C=O) groups is 1. The molecule has 0 heterocycles. The van der Waals surface area contributed by atoms with Crippen LogP contribution in [0.3, 0.4) is 0 Å². The predicted molar refractivity (Wildman–Crippen MR) is 52.4 cm³/mol. The van der Waals surface area contributed by atoms with Crippen molar-refractivity contribution < 1.29 is 9.90 Å². The van der Waals surface area contributed by atoms with E-state index < -0.39 is 5.97 Å². The molecule has 0 aromatic carbocycles. The van der Waals surface area contributed by atoms with Crippen LogP contribution in [0.5, 0.6) is 0 Å². The van der Waals surface area contributed by atoms with Gasteiger partial charge in [0.15, 0.2) is 0 Å². The van der Waals surface area contributed by atoms with Gasteiger partial charge >= 0.3 is 5.97 Å². The molecule has 0 amide bonds. The molecule has 0 radical (unpaired) electrons. The first-order chi connectivity index (χ1) is 5.27. The van der Waals surface area contributed by atoms with Crippen LogP contribution in [0.4, 0.5) is 0 Å². The fraction of sp³-hybridized carbons (Fsp3) is 0.900. The summed E-state index contributed by atoms with van der Waals surface area (Å²) in [6, 6.07) is 0. The van der Waals surface area contributed by atoms with Crippen molar-refractivity contribution in [3.8, 4) is 0 Å². The molecule has 74 valence electrons. The number of carboxylic acids is 1. The average Bonchev–Trinajstić information content (AvgIpc) is 1.96. The second-order valence-electron chi connectivity index (χ2n) is 2.91. The Bertz CT molecular complexity index is 100. The van der Waals surface area contributed by atoms with Crippen molar-refractivity contribution in [2.75, 3.05) is 0 Å². The molecule has 1 N–H and O–H groups in total. The van der Waals surface area contributed by atoms with Crippen molar-refractivity contribution in [2.45, 2.75) is 59.3 Å². The highest BCUT2D eigenvalue weighted by molar-refractivity contribution is 5.66. The standard InChI is InChI=1S/C9H18O2.CH4/c1-2-3-4-5-6-7-8-9(10)11;/h2-8H2,1H3,(H,10,11);1H4. The fourth-order valence-corrected chi connectivity index (χ4v) is 1.06. The van der Waals surface area contributed by atoms with E-state index in [4.69, 9.17) is 5.11 Å². The van der Waals surface area contributed by atoms with Crippen molar-refractivity contribution in [3.63, 3.8) is 0 Å². The van der Waals surface area contributed by atoms with Crippen LogP contribution in [0.25, 0.3) is 0 Å². The maximum atomic E-state index is 10.1. The molecule has 12 heavy (non-hydrogen) atoms. The number of rotatable bonds is 7. The summed E-state index contributed by atoms with van der Waals surface area (Å²) in [6.45, 7) is 2.18. The molecule has 0 aromatic heterocycles. The molecular weight excluding hydrogens is 152 g/mol. The molecule has 0 saturated carbocycles. The summed E-state index contributed by atoms with van der Waals surface area (Å²) in [5, 5.41) is 8.32. The quantitative estimate of drug-likeness (QED) is 0.600. The zero-order chi connectivity index (χ0) is 8.53. The molecule has 0 bridgehead atoms. The molecular formula is C10H22O2. The monoisotopic (exact) mass is 174 g/mol. The summed E-state index contributed by atoms with van der Waals surface area (Å²) >= 11 is 0. The van der Waals surface area contributed by atoms with Gasteiger partial charge in [-0.05, 0) is 6.42 Å². The zero-order valence-corrected chi connectivity index (χ0v) is 7.31. The van der Waals surface area contributed by atoms with Crippen LogP contribution in [0.2, 0.25) is 0 Å². The van der Waals surface area contributed by atoms with Crippen LogP contribution in [0, 0.1) is 0 Å². The Balaban J connectivity index is 0. The summed E-state index contributed by atoms with van der Waals surface area (Å²) < 4.78 is 0. The maximum Gasteiger partial charge on any atom is 0.303 e. The Morgan fingerprint density at radius 3 is 2.08 bits per heavy atom. The topological polar surface area (TPSA) is 37.3 Å². The van der Waals surface area contributed by atoms with Crippen molar-refractivity contribution in [1.29, 1.82) is 0 Å². The highest BCUT2D eigenvalue weighted by atomic mass is 16.4. The largest absolute Gasteiger partial charge is 0.481 e. The first-order valence-electron chi connectivity index (χ1n) is 4.49. The van der Waals surface area contributed by atoms with Crippen LogP contribution < -0.4 is 0 Å². The van der Waals surface area contributed by atoms with Crippen molar-refractivity contribution >= 4 is 5.97 Å². The minimum absolute atomic E-state index is 0. The first kappa shape index (κ1) is 14.0. The van der Waals surface area contributed by atoms with E-state index in [2.05, 4.69) is 6.92 Å². The Labute approximate surface area is 76.0 Å². The lowest BCUT2D eigenvalue weighted by Crippen LogP contribution is -1.93. The van der Waals surface area contributed by atoms with Crippen molar-refractivity contribution in [1.82, 2.24) is 0 Å². The second-order valence-corrected chi connectivity index (χ2v) is 2.91. The molecule has 0 fully saturated rings. The highest BCUT2D eigenvalue weighted by Gasteiger charge is 1.95. The molecule has 0 rings (SSSR count). The molecule has 0 spiro atoms. The van der Waals surface area contributed by atoms with E-state index in [0.717, 1.165) is 12.8 Å². The number of carboxylic acid groups (broad SMARTS) is 1. The fourth-order valence-electron chi connectivity index (χ4n) is 1.06. The molecule has 0 unspecified atom stereocenters. The van der Waals surface area contributed by atoms with Crippen LogP contribution in [-0.4, -0.2) is 11.1 Å². The van der Waals surface area contributed by atoms with E-state index in [1.54, 1.807) is 0 Å². The Kier molecular flexibility index (Phi) is 12.2. The van der Waals surface area contributed by atoms with Gasteiger partial charge in [-0.1, -0.05) is 46.5 Å². The maximum absolute atomic E-state index is 10.1. The van der Waals surface area contributed by atoms with Crippen LogP contribution in [0.15, 0.2) is 0 Å². The summed E-state index contributed by atoms with van der Waals surface area (Å²) in [5.41, 5.74) is 0. The number of hydrogen-bond donors (Lipinski definition) is 1. The second kappa shape index (κ2) is 10.5. The Hall–Kier alpha value is -0.530. The van der Waals surface area contributed by atoms with Gasteiger partial charge in [0.05, 0.1) is 0 Å². The SMILES string of the molecule is C.CCCCCCCCC(=O)O. The van der Waals surface area contributed by atoms with E-state index in [0.29, 0.717) is 6.42 Å². The third-order valence-electron chi connectivity index (χ3n) is 1.74. The third kappa shape index (κ3) is 12.2. The molecule has 0 saturated heterocycles. The van der Waals surface area contributed by atoms with E-state index in [1.807, 2.05) is 0 Å². The molecule has 2 heteroatoms. The molecule has 0 aliphatic rings. The number of aliphatic carboxylic acids is 1. The minimum Gasteiger partial charge on any atom is -0.481 e. The Morgan fingerprint density at radius 1 is 1.08 bits per heavy atom. The molecule has 0 aliphatic carbocycles. The normalized spacial score (nSPS) is 9.08. The summed E-state index contributed by atoms with van der Waals surface area (Å²) in [4.78, 5) is 10.1. The van der Waals surface area contributed by atoms with Crippen LogP contribution in [0.1, 0.15) is 59.3 Å². The van der Waals surface area contributed by atoms with Gasteiger partial charge in [-0.2, -0.15) is 0 Å². The van der Waals surface area contributed by atoms with Gasteiger partial charge in [0.2, 0.25) is 0 Å². The van der Waals surface area contributed by atoms with Crippen LogP contribution in [-0.2, 0) is 4.79 Å². The molecule has 0 aromatic rings. The number of hydrogen-bond acceptors (Lipinski definition) is 1. The highest BCUT2D eigenvalue weighted by Crippen LogP contribution is 2.06. The zero-order valence-electron chi connectivity index (χ0n) is 7.31. The summed E-state index contributed by atoms with van der Waals surface area (Å²) in [7, 11) is 0. The molecule has 0 atom stereocenters. The lowest BCUT2D eigenvalue weighted by Gasteiger charge is -1.97. The number of unbranched alkanes of at least 4 members (excludes halogenated alkanes) is 5. The predicted octanol–water partition coefficient (Wildman–Crippen LogP) is 3.46. The van der Waals surface area contributed by atoms with Gasteiger partial charge < -0.3 is 5.11 Å². The molecule has 2 nitrogen and oxygen atoms in total. The van der Waals surface area contributed by atoms with E-state index in [9.17, 15) is 4.79 Å². The lowest BCUT2D eigenvalue weighted by molar-refractivity contribution is -0.137. The smallest absolute Gasteiger partial charge is 0.303 e. The molecule has 0 aliphatic heterocycles. The van der Waals surface area contributed by atoms with Gasteiger partial charge in [0.1, 0.15) is 0 Å². The lowest BCUT2D eigenvalue weighted by atomic mass is 10.1. The average molecular weight is 174 g/mol. The third-order valence-corrected chi connectivity index (χ3v) is 1.74. The van der Waals surface area contributed by atoms with Crippen molar-refractivity contribution in [2.24, 2.45) is 0 Å². The van der Waals surface area contributed by atoms with E-state index in [-0.39, 0.29) is 7.43 Å². The van der Waals surface area contributed by atoms with Gasteiger partial charge in [-0.3, -0.25) is 4.79 Å². The van der Waals surface area contributed by atoms with E-state index >= 15 is 0 Å². The van der Waals surface area contributed by atoms with Gasteiger partial charge in [-0.15, -0.1) is 0 Å². The van der Waals surface area contributed by atoms with Gasteiger partial charge in [0.25, 0.3) is 0 Å². The van der Waals surface area contributed by atoms with Gasteiger partial charge in [0, 0.05) is 6.42 Å². The van der Waals surface area contributed by atoms with Crippen LogP contribution >= 0.6 is 0 Å². The van der Waals surface area contributed by atoms with Crippen molar-refractivity contribution in [3.05, 3.63) is 0 Å². The minimum atomic E-state index is -0.666. The summed E-state index contributed by atoms with van der Waals surface area (Å²) in [5.74, 6) is -0.666. The summed E-state index contributed by atoms with van der Waals surface area (Å²) in [6.07, 6.45) is 7.25. The van der Waals surface area contributed by atoms with E-state index in [1.165, 1.54) is 25.7 Å². The first-order valence-corrected chi connectivity index (χ1v) is 4.49. The Morgan fingerprint density at radius 2 is 1.58 bits per heavy atom. The van der Waals surface area contributed by atoms with Gasteiger partial charge in [-0.25, -0.2) is 0 Å².